The Hall–Kier alpha value is -1.05. The maximum absolute atomic E-state index is 10.4. The third kappa shape index (κ3) is 2.00. The molecule has 0 unspecified atom stereocenters. The van der Waals surface area contributed by atoms with Crippen molar-refractivity contribution in [3.63, 3.8) is 0 Å². The maximum atomic E-state index is 10.4. The van der Waals surface area contributed by atoms with Crippen molar-refractivity contribution >= 4 is 6.29 Å². The van der Waals surface area contributed by atoms with Crippen LogP contribution in [0.2, 0.25) is 0 Å². The molecule has 0 saturated heterocycles. The minimum absolute atomic E-state index is 0.660. The number of hydrogen-bond donors (Lipinski definition) is 0. The second-order valence-corrected chi connectivity index (χ2v) is 3.82. The van der Waals surface area contributed by atoms with Gasteiger partial charge in [0.1, 0.15) is 12.0 Å². The highest BCUT2D eigenvalue weighted by Gasteiger charge is 2.16. The summed E-state index contributed by atoms with van der Waals surface area (Å²) in [6.07, 6.45) is 8.72. The molecular weight excluding hydrogens is 164 g/mol. The molecule has 0 bridgehead atoms. The second-order valence-electron chi connectivity index (χ2n) is 3.82. The minimum Gasteiger partial charge on any atom is -0.469 e. The first kappa shape index (κ1) is 8.54. The quantitative estimate of drug-likeness (QED) is 0.666. The van der Waals surface area contributed by atoms with E-state index in [0.717, 1.165) is 24.4 Å². The number of furan rings is 1. The van der Waals surface area contributed by atoms with Crippen molar-refractivity contribution in [3.8, 4) is 0 Å². The van der Waals surface area contributed by atoms with Crippen LogP contribution in [0.5, 0.6) is 0 Å². The fourth-order valence-corrected chi connectivity index (χ4v) is 2.07. The highest BCUT2D eigenvalue weighted by molar-refractivity contribution is 5.74. The van der Waals surface area contributed by atoms with E-state index in [0.29, 0.717) is 5.56 Å². The first-order valence-corrected chi connectivity index (χ1v) is 4.91. The van der Waals surface area contributed by atoms with Crippen LogP contribution < -0.4 is 0 Å². The van der Waals surface area contributed by atoms with Gasteiger partial charge in [0.15, 0.2) is 6.29 Å². The first-order valence-electron chi connectivity index (χ1n) is 4.91. The van der Waals surface area contributed by atoms with Crippen LogP contribution in [0.4, 0.5) is 0 Å². The number of aldehydes is 1. The van der Waals surface area contributed by atoms with E-state index in [1.165, 1.54) is 31.9 Å². The van der Waals surface area contributed by atoms with Gasteiger partial charge in [0, 0.05) is 6.42 Å². The minimum atomic E-state index is 0.660. The zero-order valence-corrected chi connectivity index (χ0v) is 7.66. The van der Waals surface area contributed by atoms with Crippen molar-refractivity contribution in [2.45, 2.75) is 32.1 Å². The zero-order chi connectivity index (χ0) is 9.10. The molecular formula is C11H14O2. The summed E-state index contributed by atoms with van der Waals surface area (Å²) < 4.78 is 5.29. The van der Waals surface area contributed by atoms with E-state index in [4.69, 9.17) is 4.42 Å². The Kier molecular flexibility index (Phi) is 2.48. The van der Waals surface area contributed by atoms with Gasteiger partial charge in [-0.15, -0.1) is 0 Å². The van der Waals surface area contributed by atoms with Crippen molar-refractivity contribution < 1.29 is 9.21 Å². The van der Waals surface area contributed by atoms with Gasteiger partial charge in [0.05, 0.1) is 5.56 Å². The molecule has 1 aliphatic carbocycles. The van der Waals surface area contributed by atoms with Crippen molar-refractivity contribution in [2.24, 2.45) is 5.92 Å². The summed E-state index contributed by atoms with van der Waals surface area (Å²) in [6.45, 7) is 0. The Balaban J connectivity index is 1.96. The average molecular weight is 178 g/mol. The lowest BCUT2D eigenvalue weighted by Crippen LogP contribution is -1.96. The van der Waals surface area contributed by atoms with Gasteiger partial charge in [-0.3, -0.25) is 4.79 Å². The van der Waals surface area contributed by atoms with Gasteiger partial charge in [-0.1, -0.05) is 25.7 Å². The SMILES string of the molecule is O=Cc1coc(CC2CCCC2)c1. The Morgan fingerprint density at radius 3 is 2.85 bits per heavy atom. The number of hydrogen-bond acceptors (Lipinski definition) is 2. The highest BCUT2D eigenvalue weighted by atomic mass is 16.3. The van der Waals surface area contributed by atoms with Gasteiger partial charge >= 0.3 is 0 Å². The molecule has 2 rings (SSSR count). The molecule has 0 N–H and O–H groups in total. The van der Waals surface area contributed by atoms with Crippen molar-refractivity contribution in [1.82, 2.24) is 0 Å². The molecule has 0 radical (unpaired) electrons. The van der Waals surface area contributed by atoms with Crippen LogP contribution in [0.15, 0.2) is 16.7 Å². The molecule has 1 heterocycles. The smallest absolute Gasteiger partial charge is 0.153 e. The van der Waals surface area contributed by atoms with Crippen LogP contribution in [0.25, 0.3) is 0 Å². The van der Waals surface area contributed by atoms with Crippen LogP contribution in [0.1, 0.15) is 41.8 Å². The maximum Gasteiger partial charge on any atom is 0.153 e. The Labute approximate surface area is 77.9 Å². The van der Waals surface area contributed by atoms with Gasteiger partial charge in [0.2, 0.25) is 0 Å². The van der Waals surface area contributed by atoms with Crippen LogP contribution >= 0.6 is 0 Å². The summed E-state index contributed by atoms with van der Waals surface area (Å²) in [6, 6.07) is 1.85. The van der Waals surface area contributed by atoms with Gasteiger partial charge < -0.3 is 4.42 Å². The van der Waals surface area contributed by atoms with Gasteiger partial charge in [-0.05, 0) is 12.0 Å². The molecule has 0 aromatic carbocycles. The van der Waals surface area contributed by atoms with Crippen molar-refractivity contribution in [2.75, 3.05) is 0 Å². The van der Waals surface area contributed by atoms with E-state index in [9.17, 15) is 4.79 Å². The van der Waals surface area contributed by atoms with E-state index in [1.54, 1.807) is 0 Å². The molecule has 1 aliphatic rings. The third-order valence-electron chi connectivity index (χ3n) is 2.77. The molecule has 0 aliphatic heterocycles. The Bertz CT molecular complexity index is 282. The number of carbonyl (C=O) groups is 1. The normalized spacial score (nSPS) is 17.8. The lowest BCUT2D eigenvalue weighted by atomic mass is 10.0. The fraction of sp³-hybridized carbons (Fsp3) is 0.545. The van der Waals surface area contributed by atoms with E-state index in [-0.39, 0.29) is 0 Å². The monoisotopic (exact) mass is 178 g/mol. The van der Waals surface area contributed by atoms with Crippen LogP contribution in [0.3, 0.4) is 0 Å². The van der Waals surface area contributed by atoms with E-state index in [2.05, 4.69) is 0 Å². The van der Waals surface area contributed by atoms with Crippen molar-refractivity contribution in [3.05, 3.63) is 23.7 Å². The number of carbonyl (C=O) groups excluding carboxylic acids is 1. The fourth-order valence-electron chi connectivity index (χ4n) is 2.07. The topological polar surface area (TPSA) is 30.2 Å². The Morgan fingerprint density at radius 2 is 2.23 bits per heavy atom. The average Bonchev–Trinajstić information content (AvgIpc) is 2.76. The number of rotatable bonds is 3. The predicted molar refractivity (Wildman–Crippen MR) is 49.8 cm³/mol. The lowest BCUT2D eigenvalue weighted by molar-refractivity contribution is 0.112. The molecule has 1 saturated carbocycles. The summed E-state index contributed by atoms with van der Waals surface area (Å²) in [5, 5.41) is 0. The standard InChI is InChI=1S/C11H14O2/c12-7-10-6-11(13-8-10)5-9-3-1-2-4-9/h6-9H,1-5H2. The second kappa shape index (κ2) is 3.77. The van der Waals surface area contributed by atoms with E-state index in [1.807, 2.05) is 6.07 Å². The summed E-state index contributed by atoms with van der Waals surface area (Å²) in [4.78, 5) is 10.4. The van der Waals surface area contributed by atoms with E-state index >= 15 is 0 Å². The van der Waals surface area contributed by atoms with Gasteiger partial charge in [-0.25, -0.2) is 0 Å². The lowest BCUT2D eigenvalue weighted by Gasteiger charge is -2.04. The highest BCUT2D eigenvalue weighted by Crippen LogP contribution is 2.28. The molecule has 1 fully saturated rings. The molecule has 13 heavy (non-hydrogen) atoms. The summed E-state index contributed by atoms with van der Waals surface area (Å²) in [5.74, 6) is 1.75. The molecule has 0 spiro atoms. The molecule has 70 valence electrons. The molecule has 2 nitrogen and oxygen atoms in total. The van der Waals surface area contributed by atoms with Crippen molar-refractivity contribution in [1.29, 1.82) is 0 Å². The van der Waals surface area contributed by atoms with Crippen LogP contribution in [-0.2, 0) is 6.42 Å². The molecule has 1 aromatic rings. The van der Waals surface area contributed by atoms with Gasteiger partial charge in [0.25, 0.3) is 0 Å². The Morgan fingerprint density at radius 1 is 1.46 bits per heavy atom. The summed E-state index contributed by atoms with van der Waals surface area (Å²) in [5.41, 5.74) is 0.660. The van der Waals surface area contributed by atoms with Crippen LogP contribution in [0, 0.1) is 5.92 Å². The molecule has 2 heteroatoms. The molecule has 1 aromatic heterocycles. The van der Waals surface area contributed by atoms with E-state index < -0.39 is 0 Å². The largest absolute Gasteiger partial charge is 0.469 e. The summed E-state index contributed by atoms with van der Waals surface area (Å²) in [7, 11) is 0. The first-order chi connectivity index (χ1) is 6.38. The molecule has 0 atom stereocenters. The predicted octanol–water partition coefficient (Wildman–Crippen LogP) is 2.82. The molecule has 0 amide bonds. The van der Waals surface area contributed by atoms with Crippen LogP contribution in [-0.4, -0.2) is 6.29 Å². The third-order valence-corrected chi connectivity index (χ3v) is 2.77. The summed E-state index contributed by atoms with van der Waals surface area (Å²) >= 11 is 0. The zero-order valence-electron chi connectivity index (χ0n) is 7.66. The van der Waals surface area contributed by atoms with Gasteiger partial charge in [-0.2, -0.15) is 0 Å².